The average Bonchev–Trinajstić information content (AvgIpc) is 3.46. The van der Waals surface area contributed by atoms with Crippen LogP contribution in [-0.2, 0) is 0 Å². The maximum Gasteiger partial charge on any atom is 0.274 e. The molecule has 4 heterocycles. The van der Waals surface area contributed by atoms with Crippen LogP contribution >= 0.6 is 11.3 Å². The summed E-state index contributed by atoms with van der Waals surface area (Å²) in [6.45, 7) is 1.26. The number of benzene rings is 1. The van der Waals surface area contributed by atoms with Crippen LogP contribution in [0.5, 0.6) is 5.88 Å². The average molecular weight is 405 g/mol. The Morgan fingerprint density at radius 2 is 1.97 bits per heavy atom. The molecule has 4 aromatic rings. The summed E-state index contributed by atoms with van der Waals surface area (Å²) in [5.74, 6) is 0.481. The quantitative estimate of drug-likeness (QED) is 0.559. The number of amides is 1. The smallest absolute Gasteiger partial charge is 0.274 e. The third-order valence-electron chi connectivity index (χ3n) is 5.03. The number of piperidine rings is 1. The number of hydrogen-bond donors (Lipinski definition) is 1. The van der Waals surface area contributed by atoms with Crippen molar-refractivity contribution in [1.29, 1.82) is 0 Å². The van der Waals surface area contributed by atoms with E-state index in [-0.39, 0.29) is 12.0 Å². The molecule has 8 heteroatoms. The Kier molecular flexibility index (Phi) is 4.69. The number of H-pyrrole nitrogens is 1. The molecule has 1 N–H and O–H groups in total. The van der Waals surface area contributed by atoms with Gasteiger partial charge in [-0.15, -0.1) is 11.3 Å². The van der Waals surface area contributed by atoms with Gasteiger partial charge in [0.2, 0.25) is 5.88 Å². The number of rotatable bonds is 4. The molecule has 1 saturated heterocycles. The van der Waals surface area contributed by atoms with E-state index in [1.54, 1.807) is 17.5 Å². The highest BCUT2D eigenvalue weighted by molar-refractivity contribution is 7.13. The molecular weight excluding hydrogens is 386 g/mol. The molecule has 146 valence electrons. The number of nitrogens with zero attached hydrogens (tertiary/aromatic N) is 4. The van der Waals surface area contributed by atoms with Gasteiger partial charge in [0, 0.05) is 25.9 Å². The number of carbonyl (C=O) groups is 1. The van der Waals surface area contributed by atoms with Gasteiger partial charge in [-0.2, -0.15) is 5.10 Å². The summed E-state index contributed by atoms with van der Waals surface area (Å²) in [6, 6.07) is 13.5. The van der Waals surface area contributed by atoms with E-state index in [2.05, 4.69) is 20.2 Å². The number of thiophene rings is 1. The third-order valence-corrected chi connectivity index (χ3v) is 5.93. The van der Waals surface area contributed by atoms with Crippen LogP contribution in [0.3, 0.4) is 0 Å². The molecular formula is C21H19N5O2S. The lowest BCUT2D eigenvalue weighted by Gasteiger charge is -2.31. The number of hydrogen-bond acceptors (Lipinski definition) is 6. The normalized spacial score (nSPS) is 15.0. The Morgan fingerprint density at radius 1 is 1.14 bits per heavy atom. The molecule has 1 aliphatic heterocycles. The Morgan fingerprint density at radius 3 is 2.76 bits per heavy atom. The van der Waals surface area contributed by atoms with Gasteiger partial charge in [0.25, 0.3) is 5.91 Å². The van der Waals surface area contributed by atoms with E-state index in [9.17, 15) is 4.79 Å². The minimum absolute atomic E-state index is 0.0235. The predicted molar refractivity (Wildman–Crippen MR) is 111 cm³/mol. The van der Waals surface area contributed by atoms with Crippen molar-refractivity contribution in [2.45, 2.75) is 18.9 Å². The second-order valence-electron chi connectivity index (χ2n) is 6.95. The molecule has 29 heavy (non-hydrogen) atoms. The van der Waals surface area contributed by atoms with Crippen molar-refractivity contribution in [3.8, 4) is 16.5 Å². The SMILES string of the molecule is O=C(c1cc(-c2cccs2)[nH]n1)N1CCC(Oc2cnc3ccccc3n2)CC1. The van der Waals surface area contributed by atoms with Crippen molar-refractivity contribution < 1.29 is 9.53 Å². The highest BCUT2D eigenvalue weighted by Gasteiger charge is 2.26. The van der Waals surface area contributed by atoms with E-state index in [1.165, 1.54) is 0 Å². The Hall–Kier alpha value is -3.26. The van der Waals surface area contributed by atoms with Crippen molar-refractivity contribution >= 4 is 28.3 Å². The first-order valence-corrected chi connectivity index (χ1v) is 10.4. The van der Waals surface area contributed by atoms with Gasteiger partial charge >= 0.3 is 0 Å². The van der Waals surface area contributed by atoms with Crippen LogP contribution in [0.2, 0.25) is 0 Å². The van der Waals surface area contributed by atoms with Crippen molar-refractivity contribution in [3.05, 3.63) is 59.7 Å². The van der Waals surface area contributed by atoms with Crippen LogP contribution in [0.15, 0.2) is 54.0 Å². The van der Waals surface area contributed by atoms with Crippen molar-refractivity contribution in [3.63, 3.8) is 0 Å². The zero-order valence-corrected chi connectivity index (χ0v) is 16.4. The molecule has 0 bridgehead atoms. The number of para-hydroxylation sites is 2. The highest BCUT2D eigenvalue weighted by atomic mass is 32.1. The Labute approximate surface area is 171 Å². The summed E-state index contributed by atoms with van der Waals surface area (Å²) in [4.78, 5) is 24.6. The van der Waals surface area contributed by atoms with Crippen molar-refractivity contribution in [2.24, 2.45) is 0 Å². The summed E-state index contributed by atoms with van der Waals surface area (Å²) in [7, 11) is 0. The van der Waals surface area contributed by atoms with Gasteiger partial charge in [-0.25, -0.2) is 9.97 Å². The van der Waals surface area contributed by atoms with Gasteiger partial charge in [-0.1, -0.05) is 18.2 Å². The summed E-state index contributed by atoms with van der Waals surface area (Å²) in [5.41, 5.74) is 2.99. The first-order chi connectivity index (χ1) is 14.3. The number of aromatic amines is 1. The maximum absolute atomic E-state index is 12.8. The molecule has 7 nitrogen and oxygen atoms in total. The molecule has 1 aliphatic rings. The van der Waals surface area contributed by atoms with Crippen molar-refractivity contribution in [1.82, 2.24) is 25.1 Å². The van der Waals surface area contributed by atoms with Gasteiger partial charge in [-0.3, -0.25) is 9.89 Å². The standard InChI is InChI=1S/C21H19N5O2S/c27-21(18-12-17(24-25-18)19-6-3-11-29-19)26-9-7-14(8-10-26)28-20-13-22-15-4-1-2-5-16(15)23-20/h1-6,11-14H,7-10H2,(H,24,25). The van der Waals surface area contributed by atoms with E-state index < -0.39 is 0 Å². The lowest BCUT2D eigenvalue weighted by atomic mass is 10.1. The second-order valence-corrected chi connectivity index (χ2v) is 7.90. The number of aromatic nitrogens is 4. The fraction of sp³-hybridized carbons (Fsp3) is 0.238. The van der Waals surface area contributed by atoms with Gasteiger partial charge in [0.1, 0.15) is 6.10 Å². The summed E-state index contributed by atoms with van der Waals surface area (Å²) < 4.78 is 6.02. The lowest BCUT2D eigenvalue weighted by Crippen LogP contribution is -2.42. The monoisotopic (exact) mass is 405 g/mol. The zero-order valence-electron chi connectivity index (χ0n) is 15.6. The number of nitrogens with one attached hydrogen (secondary N) is 1. The zero-order chi connectivity index (χ0) is 19.6. The van der Waals surface area contributed by atoms with Gasteiger partial charge in [-0.05, 0) is 29.6 Å². The van der Waals surface area contributed by atoms with Gasteiger partial charge < -0.3 is 9.64 Å². The van der Waals surface area contributed by atoms with Gasteiger partial charge in [0.05, 0.1) is 27.8 Å². The minimum Gasteiger partial charge on any atom is -0.473 e. The predicted octanol–water partition coefficient (Wildman–Crippen LogP) is 3.77. The maximum atomic E-state index is 12.8. The number of likely N-dealkylation sites (tertiary alicyclic amines) is 1. The van der Waals surface area contributed by atoms with Crippen LogP contribution in [0.4, 0.5) is 0 Å². The molecule has 1 aromatic carbocycles. The van der Waals surface area contributed by atoms with Crippen LogP contribution < -0.4 is 4.74 Å². The van der Waals surface area contributed by atoms with Gasteiger partial charge in [0.15, 0.2) is 5.69 Å². The summed E-state index contributed by atoms with van der Waals surface area (Å²) in [5, 5.41) is 9.16. The lowest BCUT2D eigenvalue weighted by molar-refractivity contribution is 0.0582. The van der Waals surface area contributed by atoms with E-state index >= 15 is 0 Å². The second kappa shape index (κ2) is 7.63. The highest BCUT2D eigenvalue weighted by Crippen LogP contribution is 2.24. The number of fused-ring (bicyclic) bond motifs is 1. The fourth-order valence-corrected chi connectivity index (χ4v) is 4.19. The van der Waals surface area contributed by atoms with Crippen LogP contribution in [-0.4, -0.2) is 50.2 Å². The summed E-state index contributed by atoms with van der Waals surface area (Å²) in [6.07, 6.45) is 3.19. The van der Waals surface area contributed by atoms with E-state index in [0.29, 0.717) is 24.7 Å². The molecule has 0 aliphatic carbocycles. The molecule has 1 fully saturated rings. The van der Waals surface area contributed by atoms with E-state index in [0.717, 1.165) is 34.4 Å². The molecule has 1 amide bonds. The third kappa shape index (κ3) is 3.71. The minimum atomic E-state index is -0.0481. The molecule has 3 aromatic heterocycles. The number of ether oxygens (including phenoxy) is 1. The first kappa shape index (κ1) is 17.8. The largest absolute Gasteiger partial charge is 0.473 e. The van der Waals surface area contributed by atoms with Crippen molar-refractivity contribution in [2.75, 3.05) is 13.1 Å². The Bertz CT molecular complexity index is 1130. The van der Waals surface area contributed by atoms with Crippen LogP contribution in [0.1, 0.15) is 23.3 Å². The fourth-order valence-electron chi connectivity index (χ4n) is 3.50. The molecule has 0 spiro atoms. The first-order valence-electron chi connectivity index (χ1n) is 9.53. The summed E-state index contributed by atoms with van der Waals surface area (Å²) >= 11 is 1.61. The van der Waals surface area contributed by atoms with Crippen LogP contribution in [0, 0.1) is 0 Å². The molecule has 0 unspecified atom stereocenters. The van der Waals surface area contributed by atoms with E-state index in [1.807, 2.05) is 52.7 Å². The van der Waals surface area contributed by atoms with E-state index in [4.69, 9.17) is 4.74 Å². The molecule has 0 radical (unpaired) electrons. The topological polar surface area (TPSA) is 84.0 Å². The molecule has 0 atom stereocenters. The number of carbonyl (C=O) groups excluding carboxylic acids is 1. The molecule has 0 saturated carbocycles. The molecule has 5 rings (SSSR count). The van der Waals surface area contributed by atoms with Crippen LogP contribution in [0.25, 0.3) is 21.6 Å². The Balaban J connectivity index is 1.20.